The summed E-state index contributed by atoms with van der Waals surface area (Å²) >= 11 is 0. The third kappa shape index (κ3) is 4.11. The smallest absolute Gasteiger partial charge is 0.373 e. The van der Waals surface area contributed by atoms with Gasteiger partial charge in [-0.1, -0.05) is 13.8 Å². The number of rotatable bonds is 4. The highest BCUT2D eigenvalue weighted by molar-refractivity contribution is 5.92. The Labute approximate surface area is 160 Å². The van der Waals surface area contributed by atoms with Gasteiger partial charge in [0.25, 0.3) is 11.8 Å². The fourth-order valence-corrected chi connectivity index (χ4v) is 3.46. The van der Waals surface area contributed by atoms with Crippen LogP contribution in [0.25, 0.3) is 0 Å². The monoisotopic (exact) mass is 405 g/mol. The van der Waals surface area contributed by atoms with Crippen molar-refractivity contribution in [3.63, 3.8) is 0 Å². The van der Waals surface area contributed by atoms with E-state index in [1.807, 2.05) is 0 Å². The van der Waals surface area contributed by atoms with Crippen molar-refractivity contribution in [1.82, 2.24) is 14.8 Å². The predicted molar refractivity (Wildman–Crippen MR) is 91.7 cm³/mol. The van der Waals surface area contributed by atoms with Gasteiger partial charge in [0.15, 0.2) is 0 Å². The van der Waals surface area contributed by atoms with Gasteiger partial charge in [-0.05, 0) is 30.9 Å². The van der Waals surface area contributed by atoms with E-state index in [4.69, 9.17) is 0 Å². The van der Waals surface area contributed by atoms with Gasteiger partial charge in [0, 0.05) is 26.2 Å². The van der Waals surface area contributed by atoms with Crippen molar-refractivity contribution in [1.29, 1.82) is 0 Å². The second-order valence-electron chi connectivity index (χ2n) is 7.07. The van der Waals surface area contributed by atoms with Crippen LogP contribution in [0.15, 0.2) is 18.3 Å². The van der Waals surface area contributed by atoms with Gasteiger partial charge in [-0.15, -0.1) is 0 Å². The first-order valence-electron chi connectivity index (χ1n) is 8.89. The normalized spacial score (nSPS) is 22.5. The molecule has 0 aliphatic carbocycles. The Kier molecular flexibility index (Phi) is 6.32. The van der Waals surface area contributed by atoms with Crippen molar-refractivity contribution in [2.75, 3.05) is 20.1 Å². The van der Waals surface area contributed by atoms with E-state index in [-0.39, 0.29) is 37.2 Å². The number of alkyl halides is 3. The molecule has 0 radical (unpaired) electrons. The highest BCUT2D eigenvalue weighted by Gasteiger charge is 2.59. The molecule has 2 rings (SSSR count). The summed E-state index contributed by atoms with van der Waals surface area (Å²) in [5.74, 6) is -2.73. The van der Waals surface area contributed by atoms with Gasteiger partial charge in [0.05, 0.1) is 6.20 Å². The summed E-state index contributed by atoms with van der Waals surface area (Å²) in [4.78, 5) is 31.0. The number of carbonyl (C=O) groups is 2. The number of hydrogen-bond acceptors (Lipinski definition) is 4. The van der Waals surface area contributed by atoms with E-state index in [1.54, 1.807) is 6.92 Å². The minimum absolute atomic E-state index is 0.0271. The molecule has 10 heteroatoms. The number of halogens is 4. The first-order chi connectivity index (χ1) is 12.9. The first-order valence-corrected chi connectivity index (χ1v) is 8.89. The van der Waals surface area contributed by atoms with Crippen molar-refractivity contribution >= 4 is 11.8 Å². The Balaban J connectivity index is 2.09. The van der Waals surface area contributed by atoms with E-state index in [0.29, 0.717) is 0 Å². The van der Waals surface area contributed by atoms with E-state index in [0.717, 1.165) is 24.1 Å². The SMILES string of the molecule is CC[C@@](O)(C(=O)N1CC[C@H](N(C)C(=O)c2ccc(F)cn2)[C@H](C)C1)C(F)(F)F. The van der Waals surface area contributed by atoms with Crippen LogP contribution in [0.5, 0.6) is 0 Å². The number of amides is 2. The molecule has 0 spiro atoms. The third-order valence-corrected chi connectivity index (χ3v) is 5.25. The van der Waals surface area contributed by atoms with Crippen molar-refractivity contribution in [3.8, 4) is 0 Å². The average molecular weight is 405 g/mol. The highest BCUT2D eigenvalue weighted by Crippen LogP contribution is 2.36. The number of aromatic nitrogens is 1. The largest absolute Gasteiger partial charge is 0.426 e. The van der Waals surface area contributed by atoms with Gasteiger partial charge in [-0.3, -0.25) is 9.59 Å². The Hall–Kier alpha value is -2.23. The lowest BCUT2D eigenvalue weighted by Crippen LogP contribution is -2.61. The van der Waals surface area contributed by atoms with Crippen LogP contribution in [-0.4, -0.2) is 69.7 Å². The molecule has 2 amide bonds. The molecule has 1 aromatic rings. The maximum absolute atomic E-state index is 13.2. The van der Waals surface area contributed by atoms with Gasteiger partial charge >= 0.3 is 6.18 Å². The molecule has 1 N–H and O–H groups in total. The summed E-state index contributed by atoms with van der Waals surface area (Å²) in [5.41, 5.74) is -3.37. The van der Waals surface area contributed by atoms with Crippen molar-refractivity contribution in [2.45, 2.75) is 44.5 Å². The molecule has 156 valence electrons. The highest BCUT2D eigenvalue weighted by atomic mass is 19.4. The third-order valence-electron chi connectivity index (χ3n) is 5.25. The molecule has 0 unspecified atom stereocenters. The lowest BCUT2D eigenvalue weighted by atomic mass is 9.90. The zero-order valence-electron chi connectivity index (χ0n) is 15.8. The number of carbonyl (C=O) groups excluding carboxylic acids is 2. The fraction of sp³-hybridized carbons (Fsp3) is 0.611. The molecular weight excluding hydrogens is 382 g/mol. The van der Waals surface area contributed by atoms with Crippen LogP contribution in [0, 0.1) is 11.7 Å². The molecule has 1 aliphatic rings. The number of pyridine rings is 1. The summed E-state index contributed by atoms with van der Waals surface area (Å²) in [6, 6.07) is 2.02. The molecule has 2 heterocycles. The van der Waals surface area contributed by atoms with Crippen LogP contribution in [0.1, 0.15) is 37.2 Å². The van der Waals surface area contributed by atoms with E-state index in [1.165, 1.54) is 18.0 Å². The van der Waals surface area contributed by atoms with E-state index in [9.17, 15) is 32.3 Å². The van der Waals surface area contributed by atoms with E-state index in [2.05, 4.69) is 4.98 Å². The Morgan fingerprint density at radius 1 is 1.36 bits per heavy atom. The molecule has 1 aliphatic heterocycles. The molecular formula is C18H23F4N3O3. The zero-order chi connectivity index (χ0) is 21.3. The second-order valence-corrected chi connectivity index (χ2v) is 7.07. The predicted octanol–water partition coefficient (Wildman–Crippen LogP) is 2.23. The summed E-state index contributed by atoms with van der Waals surface area (Å²) in [6.07, 6.45) is -4.68. The van der Waals surface area contributed by atoms with Crippen molar-refractivity contribution in [2.24, 2.45) is 5.92 Å². The van der Waals surface area contributed by atoms with Gasteiger partial charge in [-0.2, -0.15) is 13.2 Å². The maximum Gasteiger partial charge on any atom is 0.426 e. The van der Waals surface area contributed by atoms with Gasteiger partial charge in [0.2, 0.25) is 5.60 Å². The summed E-state index contributed by atoms with van der Waals surface area (Å²) in [6.45, 7) is 2.76. The van der Waals surface area contributed by atoms with Crippen LogP contribution in [0.4, 0.5) is 17.6 Å². The lowest BCUT2D eigenvalue weighted by Gasteiger charge is -2.43. The van der Waals surface area contributed by atoms with Crippen LogP contribution < -0.4 is 0 Å². The Morgan fingerprint density at radius 2 is 2.00 bits per heavy atom. The topological polar surface area (TPSA) is 73.7 Å². The number of aliphatic hydroxyl groups is 1. The minimum atomic E-state index is -5.07. The molecule has 6 nitrogen and oxygen atoms in total. The molecule has 1 fully saturated rings. The Bertz CT molecular complexity index is 726. The number of hydrogen-bond donors (Lipinski definition) is 1. The lowest BCUT2D eigenvalue weighted by molar-refractivity contribution is -0.258. The second kappa shape index (κ2) is 8.02. The van der Waals surface area contributed by atoms with Gasteiger partial charge < -0.3 is 14.9 Å². The zero-order valence-corrected chi connectivity index (χ0v) is 15.8. The van der Waals surface area contributed by atoms with Crippen LogP contribution in [-0.2, 0) is 4.79 Å². The van der Waals surface area contributed by atoms with E-state index >= 15 is 0 Å². The molecule has 1 saturated heterocycles. The van der Waals surface area contributed by atoms with Crippen LogP contribution in [0.2, 0.25) is 0 Å². The Morgan fingerprint density at radius 3 is 2.46 bits per heavy atom. The van der Waals surface area contributed by atoms with Gasteiger partial charge in [0.1, 0.15) is 11.5 Å². The van der Waals surface area contributed by atoms with Gasteiger partial charge in [-0.25, -0.2) is 9.37 Å². The molecule has 0 bridgehead atoms. The standard InChI is InChI=1S/C18H23F4N3O3/c1-4-17(28,18(20,21)22)16(27)25-8-7-14(11(2)10-25)24(3)15(26)13-6-5-12(19)9-23-13/h5-6,9,11,14,28H,4,7-8,10H2,1-3H3/t11-,14+,17-/m1/s1. The van der Waals surface area contributed by atoms with Crippen molar-refractivity contribution in [3.05, 3.63) is 29.8 Å². The van der Waals surface area contributed by atoms with E-state index < -0.39 is 35.8 Å². The summed E-state index contributed by atoms with van der Waals surface area (Å²) in [5, 5.41) is 9.88. The van der Waals surface area contributed by atoms with Crippen molar-refractivity contribution < 1.29 is 32.3 Å². The molecule has 3 atom stereocenters. The summed E-state index contributed by atoms with van der Waals surface area (Å²) in [7, 11) is 1.53. The number of likely N-dealkylation sites (tertiary alicyclic amines) is 1. The first kappa shape index (κ1) is 22.1. The van der Waals surface area contributed by atoms with Crippen LogP contribution in [0.3, 0.4) is 0 Å². The quantitative estimate of drug-likeness (QED) is 0.780. The summed E-state index contributed by atoms with van der Waals surface area (Å²) < 4.78 is 52.4. The molecule has 1 aromatic heterocycles. The minimum Gasteiger partial charge on any atom is -0.373 e. The molecule has 0 saturated carbocycles. The fourth-order valence-electron chi connectivity index (χ4n) is 3.46. The maximum atomic E-state index is 13.2. The average Bonchev–Trinajstić information content (AvgIpc) is 2.65. The number of nitrogens with zero attached hydrogens (tertiary/aromatic N) is 3. The molecule has 28 heavy (non-hydrogen) atoms. The molecule has 0 aromatic carbocycles. The number of piperidine rings is 1. The van der Waals surface area contributed by atoms with Crippen LogP contribution >= 0.6 is 0 Å².